The monoisotopic (exact) mass is 321 g/mol. The van der Waals surface area contributed by atoms with Crippen LogP contribution in [0.4, 0.5) is 4.79 Å². The van der Waals surface area contributed by atoms with Gasteiger partial charge < -0.3 is 15.0 Å². The van der Waals surface area contributed by atoms with Crippen LogP contribution in [0.1, 0.15) is 26.7 Å². The molecule has 0 radical (unpaired) electrons. The number of hydrogen-bond donors (Lipinski definition) is 2. The molecule has 0 saturated carbocycles. The van der Waals surface area contributed by atoms with E-state index in [9.17, 15) is 13.2 Å². The van der Waals surface area contributed by atoms with E-state index in [4.69, 9.17) is 4.74 Å². The lowest BCUT2D eigenvalue weighted by atomic mass is 9.86. The second-order valence-electron chi connectivity index (χ2n) is 6.44. The molecule has 1 unspecified atom stereocenters. The first kappa shape index (κ1) is 18.2. The summed E-state index contributed by atoms with van der Waals surface area (Å²) in [5, 5.41) is 2.60. The molecule has 0 aromatic rings. The molecule has 2 amide bonds. The van der Waals surface area contributed by atoms with E-state index in [2.05, 4.69) is 23.9 Å². The van der Waals surface area contributed by atoms with Crippen LogP contribution >= 0.6 is 0 Å². The largest absolute Gasteiger partial charge is 0.377 e. The van der Waals surface area contributed by atoms with Gasteiger partial charge in [0.05, 0.1) is 18.5 Å². The maximum Gasteiger partial charge on any atom is 0.316 e. The summed E-state index contributed by atoms with van der Waals surface area (Å²) in [4.78, 5) is 12.7. The van der Waals surface area contributed by atoms with Gasteiger partial charge in [-0.1, -0.05) is 13.8 Å². The van der Waals surface area contributed by atoms with E-state index in [1.807, 2.05) is 0 Å². The Morgan fingerprint density at radius 1 is 1.33 bits per heavy atom. The van der Waals surface area contributed by atoms with E-state index in [0.717, 1.165) is 12.8 Å². The standard InChI is InChI=1S/C13H27N3O4S/c1-13(2)6-5-11(20-10-13)9-21(18,19)15-8-7-14-12(17)16(3)4/h11,15H,5-10H2,1-4H3,(H,14,17). The van der Waals surface area contributed by atoms with Crippen LogP contribution in [0.25, 0.3) is 0 Å². The van der Waals surface area contributed by atoms with Crippen molar-refractivity contribution < 1.29 is 17.9 Å². The maximum atomic E-state index is 11.9. The first-order chi connectivity index (χ1) is 9.61. The number of rotatable bonds is 6. The zero-order chi connectivity index (χ0) is 16.1. The molecule has 1 fully saturated rings. The summed E-state index contributed by atoms with van der Waals surface area (Å²) in [7, 11) is -0.124. The summed E-state index contributed by atoms with van der Waals surface area (Å²) in [6.07, 6.45) is 1.48. The van der Waals surface area contributed by atoms with Crippen LogP contribution in [0, 0.1) is 5.41 Å². The van der Waals surface area contributed by atoms with Crippen molar-refractivity contribution in [3.8, 4) is 0 Å². The molecular weight excluding hydrogens is 294 g/mol. The van der Waals surface area contributed by atoms with Gasteiger partial charge in [-0.05, 0) is 18.3 Å². The number of sulfonamides is 1. The van der Waals surface area contributed by atoms with Gasteiger partial charge in [-0.25, -0.2) is 17.9 Å². The van der Waals surface area contributed by atoms with E-state index < -0.39 is 10.0 Å². The molecule has 21 heavy (non-hydrogen) atoms. The van der Waals surface area contributed by atoms with Crippen LogP contribution in [-0.2, 0) is 14.8 Å². The number of urea groups is 1. The van der Waals surface area contributed by atoms with E-state index >= 15 is 0 Å². The number of nitrogens with zero attached hydrogens (tertiary/aromatic N) is 1. The van der Waals surface area contributed by atoms with Crippen LogP contribution < -0.4 is 10.0 Å². The second-order valence-corrected chi connectivity index (χ2v) is 8.29. The molecule has 0 spiro atoms. The van der Waals surface area contributed by atoms with Crippen molar-refractivity contribution in [2.24, 2.45) is 5.41 Å². The minimum absolute atomic E-state index is 0.0231. The van der Waals surface area contributed by atoms with Crippen molar-refractivity contribution in [2.75, 3.05) is 39.5 Å². The highest BCUT2D eigenvalue weighted by atomic mass is 32.2. The van der Waals surface area contributed by atoms with Crippen LogP contribution in [0.2, 0.25) is 0 Å². The van der Waals surface area contributed by atoms with Gasteiger partial charge in [0, 0.05) is 27.2 Å². The van der Waals surface area contributed by atoms with Gasteiger partial charge in [-0.3, -0.25) is 0 Å². The molecule has 1 aliphatic heterocycles. The highest BCUT2D eigenvalue weighted by Gasteiger charge is 2.30. The fourth-order valence-corrected chi connectivity index (χ4v) is 3.30. The zero-order valence-corrected chi connectivity index (χ0v) is 14.1. The van der Waals surface area contributed by atoms with Gasteiger partial charge >= 0.3 is 6.03 Å². The molecule has 0 aliphatic carbocycles. The predicted molar refractivity (Wildman–Crippen MR) is 81.6 cm³/mol. The molecule has 0 aromatic carbocycles. The quantitative estimate of drug-likeness (QED) is 0.693. The molecule has 1 atom stereocenters. The van der Waals surface area contributed by atoms with Gasteiger partial charge in [0.1, 0.15) is 0 Å². The van der Waals surface area contributed by atoms with Gasteiger partial charge in [-0.15, -0.1) is 0 Å². The van der Waals surface area contributed by atoms with Crippen molar-refractivity contribution in [1.82, 2.24) is 14.9 Å². The number of carbonyl (C=O) groups is 1. The maximum absolute atomic E-state index is 11.9. The van der Waals surface area contributed by atoms with E-state index in [1.54, 1.807) is 14.1 Å². The first-order valence-corrected chi connectivity index (χ1v) is 8.81. The van der Waals surface area contributed by atoms with Crippen LogP contribution in [0.15, 0.2) is 0 Å². The average Bonchev–Trinajstić information content (AvgIpc) is 2.36. The van der Waals surface area contributed by atoms with E-state index in [1.165, 1.54) is 4.90 Å². The minimum atomic E-state index is -3.38. The van der Waals surface area contributed by atoms with Gasteiger partial charge in [0.25, 0.3) is 0 Å². The summed E-state index contributed by atoms with van der Waals surface area (Å²) in [6.45, 7) is 5.26. The lowest BCUT2D eigenvalue weighted by Gasteiger charge is -2.34. The fourth-order valence-electron chi connectivity index (χ4n) is 2.02. The van der Waals surface area contributed by atoms with Crippen molar-refractivity contribution in [2.45, 2.75) is 32.8 Å². The number of amides is 2. The number of hydrogen-bond acceptors (Lipinski definition) is 4. The van der Waals surface area contributed by atoms with Gasteiger partial charge in [0.2, 0.25) is 10.0 Å². The second kappa shape index (κ2) is 7.42. The minimum Gasteiger partial charge on any atom is -0.377 e. The summed E-state index contributed by atoms with van der Waals surface area (Å²) in [5.74, 6) is -0.0231. The molecule has 7 nitrogen and oxygen atoms in total. The molecule has 2 N–H and O–H groups in total. The smallest absolute Gasteiger partial charge is 0.316 e. The van der Waals surface area contributed by atoms with Crippen LogP contribution in [0.3, 0.4) is 0 Å². The highest BCUT2D eigenvalue weighted by molar-refractivity contribution is 7.89. The van der Waals surface area contributed by atoms with Crippen molar-refractivity contribution >= 4 is 16.1 Å². The highest BCUT2D eigenvalue weighted by Crippen LogP contribution is 2.30. The fraction of sp³-hybridized carbons (Fsp3) is 0.923. The Hall–Kier alpha value is -0.860. The van der Waals surface area contributed by atoms with Gasteiger partial charge in [-0.2, -0.15) is 0 Å². The molecule has 0 bridgehead atoms. The lowest BCUT2D eigenvalue weighted by molar-refractivity contribution is -0.0371. The third-order valence-electron chi connectivity index (χ3n) is 3.39. The Morgan fingerprint density at radius 3 is 2.52 bits per heavy atom. The number of carbonyl (C=O) groups excluding carboxylic acids is 1. The molecule has 0 aromatic heterocycles. The SMILES string of the molecule is CN(C)C(=O)NCCNS(=O)(=O)CC1CCC(C)(C)CO1. The molecule has 8 heteroatoms. The van der Waals surface area contributed by atoms with Crippen molar-refractivity contribution in [3.05, 3.63) is 0 Å². The van der Waals surface area contributed by atoms with Crippen molar-refractivity contribution in [1.29, 1.82) is 0 Å². The van der Waals surface area contributed by atoms with Gasteiger partial charge in [0.15, 0.2) is 0 Å². The zero-order valence-electron chi connectivity index (χ0n) is 13.3. The van der Waals surface area contributed by atoms with E-state index in [-0.39, 0.29) is 36.4 Å². The molecular formula is C13H27N3O4S. The van der Waals surface area contributed by atoms with Crippen LogP contribution in [0.5, 0.6) is 0 Å². The summed E-state index contributed by atoms with van der Waals surface area (Å²) < 4.78 is 31.9. The Bertz CT molecular complexity index is 438. The van der Waals surface area contributed by atoms with E-state index in [0.29, 0.717) is 6.61 Å². The third-order valence-corrected chi connectivity index (χ3v) is 4.84. The third kappa shape index (κ3) is 7.10. The molecule has 1 heterocycles. The Kier molecular flexibility index (Phi) is 6.42. The summed E-state index contributed by atoms with van der Waals surface area (Å²) in [5.41, 5.74) is 0.129. The number of nitrogens with one attached hydrogen (secondary N) is 2. The molecule has 1 aliphatic rings. The Labute approximate surface area is 127 Å². The average molecular weight is 321 g/mol. The Morgan fingerprint density at radius 2 is 2.00 bits per heavy atom. The summed E-state index contributed by atoms with van der Waals surface area (Å²) >= 11 is 0. The van der Waals surface area contributed by atoms with Crippen LogP contribution in [-0.4, -0.2) is 65.0 Å². The molecule has 1 rings (SSSR count). The summed E-state index contributed by atoms with van der Waals surface area (Å²) in [6, 6.07) is -0.243. The predicted octanol–water partition coefficient (Wildman–Crippen LogP) is 0.382. The Balaban J connectivity index is 2.27. The molecule has 124 valence electrons. The lowest BCUT2D eigenvalue weighted by Crippen LogP contribution is -2.42. The molecule has 1 saturated heterocycles. The van der Waals surface area contributed by atoms with Crippen molar-refractivity contribution in [3.63, 3.8) is 0 Å². The topological polar surface area (TPSA) is 87.7 Å². The normalized spacial score (nSPS) is 21.8. The number of ether oxygens (including phenoxy) is 1. The first-order valence-electron chi connectivity index (χ1n) is 7.15.